The van der Waals surface area contributed by atoms with E-state index in [0.29, 0.717) is 0 Å². The fourth-order valence-corrected chi connectivity index (χ4v) is 3.52. The summed E-state index contributed by atoms with van der Waals surface area (Å²) in [6.45, 7) is 9.44. The van der Waals surface area contributed by atoms with Crippen LogP contribution in [0.1, 0.15) is 25.8 Å². The molecule has 0 bridgehead atoms. The Morgan fingerprint density at radius 2 is 2.00 bits per heavy atom. The van der Waals surface area contributed by atoms with Crippen molar-refractivity contribution in [2.75, 3.05) is 26.3 Å². The molecule has 2 heterocycles. The number of hydrogen-bond acceptors (Lipinski definition) is 3. The van der Waals surface area contributed by atoms with Crippen LogP contribution in [0, 0.1) is 0 Å². The summed E-state index contributed by atoms with van der Waals surface area (Å²) in [5.74, 6) is 0. The first-order valence-electron chi connectivity index (χ1n) is 7.23. The van der Waals surface area contributed by atoms with Gasteiger partial charge in [-0.3, -0.25) is 4.90 Å². The first kappa shape index (κ1) is 13.1. The van der Waals surface area contributed by atoms with Gasteiger partial charge in [-0.25, -0.2) is 0 Å². The molecule has 0 aliphatic carbocycles. The van der Waals surface area contributed by atoms with Crippen LogP contribution in [0.3, 0.4) is 0 Å². The first-order chi connectivity index (χ1) is 9.12. The lowest BCUT2D eigenvalue weighted by atomic mass is 9.87. The summed E-state index contributed by atoms with van der Waals surface area (Å²) in [5.41, 5.74) is 1.67. The molecule has 1 aromatic carbocycles. The van der Waals surface area contributed by atoms with Crippen LogP contribution in [0.25, 0.3) is 0 Å². The van der Waals surface area contributed by atoms with Crippen LogP contribution in [0.5, 0.6) is 0 Å². The van der Waals surface area contributed by atoms with E-state index in [1.165, 1.54) is 12.0 Å². The highest BCUT2D eigenvalue weighted by Crippen LogP contribution is 2.36. The van der Waals surface area contributed by atoms with Crippen molar-refractivity contribution in [3.05, 3.63) is 35.9 Å². The Kier molecular flexibility index (Phi) is 3.37. The highest BCUT2D eigenvalue weighted by atomic mass is 16.5. The van der Waals surface area contributed by atoms with Crippen molar-refractivity contribution in [1.82, 2.24) is 10.2 Å². The summed E-state index contributed by atoms with van der Waals surface area (Å²) >= 11 is 0. The lowest BCUT2D eigenvalue weighted by molar-refractivity contribution is -0.138. The predicted molar refractivity (Wildman–Crippen MR) is 77.1 cm³/mol. The van der Waals surface area contributed by atoms with Crippen molar-refractivity contribution in [2.24, 2.45) is 0 Å². The number of hydrogen-bond donors (Lipinski definition) is 1. The maximum Gasteiger partial charge on any atom is 0.0664 e. The van der Waals surface area contributed by atoms with Gasteiger partial charge in [0.2, 0.25) is 0 Å². The summed E-state index contributed by atoms with van der Waals surface area (Å²) in [6, 6.07) is 10.8. The number of rotatable bonds is 2. The van der Waals surface area contributed by atoms with Crippen molar-refractivity contribution in [2.45, 2.75) is 37.9 Å². The van der Waals surface area contributed by atoms with Crippen LogP contribution in [0.4, 0.5) is 0 Å². The summed E-state index contributed by atoms with van der Waals surface area (Å²) in [5, 5.41) is 3.51. The Morgan fingerprint density at radius 1 is 1.21 bits per heavy atom. The van der Waals surface area contributed by atoms with Gasteiger partial charge in [0.1, 0.15) is 0 Å². The third kappa shape index (κ3) is 2.42. The zero-order valence-electron chi connectivity index (χ0n) is 12.0. The third-order valence-corrected chi connectivity index (χ3v) is 4.53. The van der Waals surface area contributed by atoms with Crippen LogP contribution < -0.4 is 5.32 Å². The number of benzene rings is 1. The fraction of sp³-hybridized carbons (Fsp3) is 0.625. The Bertz CT molecular complexity index is 424. The first-order valence-corrected chi connectivity index (χ1v) is 7.23. The Labute approximate surface area is 115 Å². The Hall–Kier alpha value is -0.900. The van der Waals surface area contributed by atoms with Gasteiger partial charge in [-0.1, -0.05) is 30.3 Å². The Balaban J connectivity index is 1.88. The molecule has 0 aromatic heterocycles. The number of nitrogens with one attached hydrogen (secondary N) is 1. The van der Waals surface area contributed by atoms with E-state index in [2.05, 4.69) is 54.4 Å². The van der Waals surface area contributed by atoms with Gasteiger partial charge in [-0.05, 0) is 32.4 Å². The highest BCUT2D eigenvalue weighted by Gasteiger charge is 2.49. The maximum atomic E-state index is 5.91. The minimum atomic E-state index is 0.0973. The molecule has 2 aliphatic heterocycles. The lowest BCUT2D eigenvalue weighted by Crippen LogP contribution is -2.66. The second kappa shape index (κ2) is 4.89. The second-order valence-electron chi connectivity index (χ2n) is 6.53. The highest BCUT2D eigenvalue weighted by molar-refractivity contribution is 5.17. The normalized spacial score (nSPS) is 30.8. The van der Waals surface area contributed by atoms with Gasteiger partial charge in [-0.2, -0.15) is 0 Å². The molecule has 0 amide bonds. The van der Waals surface area contributed by atoms with Crippen LogP contribution in [0.2, 0.25) is 0 Å². The molecule has 0 saturated carbocycles. The zero-order valence-corrected chi connectivity index (χ0v) is 12.0. The van der Waals surface area contributed by atoms with Gasteiger partial charge in [0.15, 0.2) is 0 Å². The van der Waals surface area contributed by atoms with Gasteiger partial charge in [-0.15, -0.1) is 0 Å². The SMILES string of the molecule is CC1(C)COCC2(CCNC2)N1Cc1ccccc1. The number of morpholine rings is 1. The number of ether oxygens (including phenoxy) is 1. The topological polar surface area (TPSA) is 24.5 Å². The molecule has 1 N–H and O–H groups in total. The molecule has 1 spiro atoms. The van der Waals surface area contributed by atoms with Gasteiger partial charge >= 0.3 is 0 Å². The fourth-order valence-electron chi connectivity index (χ4n) is 3.52. The van der Waals surface area contributed by atoms with Crippen LogP contribution in [0.15, 0.2) is 30.3 Å². The van der Waals surface area contributed by atoms with E-state index in [0.717, 1.165) is 32.8 Å². The molecule has 2 fully saturated rings. The summed E-state index contributed by atoms with van der Waals surface area (Å²) in [4.78, 5) is 2.67. The molecule has 1 aromatic rings. The Morgan fingerprint density at radius 3 is 2.68 bits per heavy atom. The van der Waals surface area contributed by atoms with Crippen molar-refractivity contribution >= 4 is 0 Å². The van der Waals surface area contributed by atoms with Gasteiger partial charge < -0.3 is 10.1 Å². The van der Waals surface area contributed by atoms with Crippen molar-refractivity contribution in [3.63, 3.8) is 0 Å². The zero-order chi connectivity index (χ0) is 13.3. The minimum Gasteiger partial charge on any atom is -0.378 e. The van der Waals surface area contributed by atoms with E-state index >= 15 is 0 Å². The molecule has 1 unspecified atom stereocenters. The molecule has 104 valence electrons. The minimum absolute atomic E-state index is 0.0973. The maximum absolute atomic E-state index is 5.91. The molecule has 3 nitrogen and oxygen atoms in total. The monoisotopic (exact) mass is 260 g/mol. The standard InChI is InChI=1S/C16H24N2O/c1-15(2)12-19-13-16(8-9-17-11-16)18(15)10-14-6-4-3-5-7-14/h3-7,17H,8-13H2,1-2H3. The lowest BCUT2D eigenvalue weighted by Gasteiger charge is -2.53. The molecule has 3 rings (SSSR count). The molecule has 2 saturated heterocycles. The molecule has 19 heavy (non-hydrogen) atoms. The molecule has 1 atom stereocenters. The van der Waals surface area contributed by atoms with E-state index in [-0.39, 0.29) is 11.1 Å². The van der Waals surface area contributed by atoms with Crippen molar-refractivity contribution in [1.29, 1.82) is 0 Å². The number of nitrogens with zero attached hydrogens (tertiary/aromatic N) is 1. The van der Waals surface area contributed by atoms with Crippen LogP contribution in [-0.2, 0) is 11.3 Å². The summed E-state index contributed by atoms with van der Waals surface area (Å²) < 4.78 is 5.91. The van der Waals surface area contributed by atoms with E-state index in [4.69, 9.17) is 4.74 Å². The quantitative estimate of drug-likeness (QED) is 0.880. The third-order valence-electron chi connectivity index (χ3n) is 4.53. The molecular weight excluding hydrogens is 236 g/mol. The van der Waals surface area contributed by atoms with Crippen molar-refractivity contribution in [3.8, 4) is 0 Å². The smallest absolute Gasteiger partial charge is 0.0664 e. The molecule has 0 radical (unpaired) electrons. The van der Waals surface area contributed by atoms with Gasteiger partial charge in [0, 0.05) is 18.6 Å². The van der Waals surface area contributed by atoms with Gasteiger partial charge in [0.05, 0.1) is 18.8 Å². The molecular formula is C16H24N2O. The van der Waals surface area contributed by atoms with E-state index in [1.54, 1.807) is 0 Å². The molecule has 2 aliphatic rings. The molecule has 3 heteroatoms. The summed E-state index contributed by atoms with van der Waals surface area (Å²) in [7, 11) is 0. The van der Waals surface area contributed by atoms with E-state index < -0.39 is 0 Å². The average Bonchev–Trinajstić information content (AvgIpc) is 2.85. The van der Waals surface area contributed by atoms with Crippen molar-refractivity contribution < 1.29 is 4.74 Å². The second-order valence-corrected chi connectivity index (χ2v) is 6.53. The predicted octanol–water partition coefficient (Wildman–Crippen LogP) is 2.03. The van der Waals surface area contributed by atoms with Crippen LogP contribution >= 0.6 is 0 Å². The van der Waals surface area contributed by atoms with Gasteiger partial charge in [0.25, 0.3) is 0 Å². The largest absolute Gasteiger partial charge is 0.378 e. The van der Waals surface area contributed by atoms with E-state index in [1.807, 2.05) is 0 Å². The van der Waals surface area contributed by atoms with E-state index in [9.17, 15) is 0 Å². The van der Waals surface area contributed by atoms with Crippen LogP contribution in [-0.4, -0.2) is 42.3 Å². The average molecular weight is 260 g/mol. The summed E-state index contributed by atoms with van der Waals surface area (Å²) in [6.07, 6.45) is 1.18.